The van der Waals surface area contributed by atoms with E-state index in [4.69, 9.17) is 9.47 Å². The smallest absolute Gasteiger partial charge is 0.0703 e. The first-order chi connectivity index (χ1) is 11.7. The first-order valence-electron chi connectivity index (χ1n) is 8.73. The van der Waals surface area contributed by atoms with Crippen molar-refractivity contribution in [3.05, 3.63) is 71.8 Å². The van der Waals surface area contributed by atoms with Crippen LogP contribution in [0.15, 0.2) is 60.7 Å². The van der Waals surface area contributed by atoms with Gasteiger partial charge in [-0.2, -0.15) is 0 Å². The van der Waals surface area contributed by atoms with Crippen molar-refractivity contribution in [1.29, 1.82) is 0 Å². The van der Waals surface area contributed by atoms with Crippen LogP contribution in [0.5, 0.6) is 0 Å². The first kappa shape index (κ1) is 18.7. The molecule has 0 bridgehead atoms. The molecular weight excluding hydrogens is 298 g/mol. The summed E-state index contributed by atoms with van der Waals surface area (Å²) in [7, 11) is 0. The molecular formula is C21H29NO2. The number of benzene rings is 2. The van der Waals surface area contributed by atoms with Crippen LogP contribution in [0, 0.1) is 0 Å². The lowest BCUT2D eigenvalue weighted by atomic mass is 10.1. The number of hydrogen-bond donors (Lipinski definition) is 0. The molecule has 0 N–H and O–H groups in total. The van der Waals surface area contributed by atoms with Crippen LogP contribution in [0.3, 0.4) is 0 Å². The van der Waals surface area contributed by atoms with Crippen molar-refractivity contribution >= 4 is 0 Å². The van der Waals surface area contributed by atoms with E-state index in [-0.39, 0.29) is 6.10 Å². The summed E-state index contributed by atoms with van der Waals surface area (Å²) in [5.74, 6) is 0. The topological polar surface area (TPSA) is 21.7 Å². The fourth-order valence-electron chi connectivity index (χ4n) is 2.54. The van der Waals surface area contributed by atoms with Gasteiger partial charge in [0.2, 0.25) is 0 Å². The lowest BCUT2D eigenvalue weighted by Crippen LogP contribution is -2.27. The molecule has 0 radical (unpaired) electrons. The van der Waals surface area contributed by atoms with Crippen molar-refractivity contribution in [2.75, 3.05) is 26.4 Å². The minimum atomic E-state index is 0.265. The Balaban J connectivity index is 1.81. The van der Waals surface area contributed by atoms with Gasteiger partial charge in [0.1, 0.15) is 0 Å². The van der Waals surface area contributed by atoms with Crippen molar-refractivity contribution in [3.8, 4) is 0 Å². The monoisotopic (exact) mass is 327 g/mol. The second-order valence-corrected chi connectivity index (χ2v) is 6.21. The standard InChI is InChI=1S/C21H29NO2/c1-19(2)24-16-15-23-14-13-22(17-20-9-5-3-6-10-20)18-21-11-7-4-8-12-21/h3-12,19H,13-18H2,1-2H3. The summed E-state index contributed by atoms with van der Waals surface area (Å²) in [6, 6.07) is 21.2. The average molecular weight is 327 g/mol. The fourth-order valence-corrected chi connectivity index (χ4v) is 2.54. The quantitative estimate of drug-likeness (QED) is 0.579. The van der Waals surface area contributed by atoms with Crippen LogP contribution in [0.1, 0.15) is 25.0 Å². The normalized spacial score (nSPS) is 11.3. The largest absolute Gasteiger partial charge is 0.378 e. The zero-order chi connectivity index (χ0) is 17.0. The van der Waals surface area contributed by atoms with Gasteiger partial charge in [-0.25, -0.2) is 0 Å². The third-order valence-corrected chi connectivity index (χ3v) is 3.73. The van der Waals surface area contributed by atoms with E-state index < -0.39 is 0 Å². The third-order valence-electron chi connectivity index (χ3n) is 3.73. The molecule has 0 unspecified atom stereocenters. The molecule has 0 aromatic heterocycles. The molecule has 2 aromatic carbocycles. The van der Waals surface area contributed by atoms with E-state index >= 15 is 0 Å². The van der Waals surface area contributed by atoms with Gasteiger partial charge in [0.15, 0.2) is 0 Å². The highest BCUT2D eigenvalue weighted by atomic mass is 16.5. The molecule has 24 heavy (non-hydrogen) atoms. The minimum absolute atomic E-state index is 0.265. The van der Waals surface area contributed by atoms with Crippen LogP contribution in [0.2, 0.25) is 0 Å². The molecule has 3 heteroatoms. The van der Waals surface area contributed by atoms with Crippen LogP contribution in [-0.4, -0.2) is 37.4 Å². The molecule has 0 heterocycles. The van der Waals surface area contributed by atoms with Crippen LogP contribution >= 0.6 is 0 Å². The predicted molar refractivity (Wildman–Crippen MR) is 98.9 cm³/mol. The average Bonchev–Trinajstić information content (AvgIpc) is 2.59. The van der Waals surface area contributed by atoms with Gasteiger partial charge in [-0.1, -0.05) is 60.7 Å². The molecule has 0 saturated heterocycles. The number of nitrogens with zero attached hydrogens (tertiary/aromatic N) is 1. The molecule has 0 aliphatic carbocycles. The summed E-state index contributed by atoms with van der Waals surface area (Å²) >= 11 is 0. The van der Waals surface area contributed by atoms with Gasteiger partial charge < -0.3 is 9.47 Å². The van der Waals surface area contributed by atoms with Crippen molar-refractivity contribution in [1.82, 2.24) is 4.90 Å². The summed E-state index contributed by atoms with van der Waals surface area (Å²) < 4.78 is 11.2. The van der Waals surface area contributed by atoms with Crippen molar-refractivity contribution in [3.63, 3.8) is 0 Å². The number of hydrogen-bond acceptors (Lipinski definition) is 3. The SMILES string of the molecule is CC(C)OCCOCCN(Cc1ccccc1)Cc1ccccc1. The van der Waals surface area contributed by atoms with E-state index in [1.807, 2.05) is 13.8 Å². The molecule has 3 nitrogen and oxygen atoms in total. The second-order valence-electron chi connectivity index (χ2n) is 6.21. The van der Waals surface area contributed by atoms with Gasteiger partial charge >= 0.3 is 0 Å². The molecule has 0 aliphatic rings. The Labute approximate surface area is 146 Å². The highest BCUT2D eigenvalue weighted by Gasteiger charge is 2.07. The van der Waals surface area contributed by atoms with Crippen LogP contribution < -0.4 is 0 Å². The molecule has 2 aromatic rings. The molecule has 0 aliphatic heterocycles. The van der Waals surface area contributed by atoms with Crippen molar-refractivity contribution in [2.45, 2.75) is 33.0 Å². The molecule has 0 atom stereocenters. The van der Waals surface area contributed by atoms with E-state index in [2.05, 4.69) is 65.6 Å². The lowest BCUT2D eigenvalue weighted by Gasteiger charge is -2.22. The van der Waals surface area contributed by atoms with E-state index in [1.165, 1.54) is 11.1 Å². The predicted octanol–water partition coefficient (Wildman–Crippen LogP) is 4.13. The van der Waals surface area contributed by atoms with E-state index in [9.17, 15) is 0 Å². The highest BCUT2D eigenvalue weighted by Crippen LogP contribution is 2.09. The molecule has 0 saturated carbocycles. The molecule has 0 fully saturated rings. The minimum Gasteiger partial charge on any atom is -0.378 e. The molecule has 0 amide bonds. The summed E-state index contributed by atoms with van der Waals surface area (Å²) in [5.41, 5.74) is 2.66. The second kappa shape index (κ2) is 11.0. The van der Waals surface area contributed by atoms with Crippen molar-refractivity contribution < 1.29 is 9.47 Å². The third kappa shape index (κ3) is 7.73. The Morgan fingerprint density at radius 2 is 1.29 bits per heavy atom. The Hall–Kier alpha value is -1.68. The van der Waals surface area contributed by atoms with Gasteiger partial charge in [-0.15, -0.1) is 0 Å². The zero-order valence-corrected chi connectivity index (χ0v) is 14.9. The maximum Gasteiger partial charge on any atom is 0.0703 e. The zero-order valence-electron chi connectivity index (χ0n) is 14.9. The summed E-state index contributed by atoms with van der Waals surface area (Å²) in [4.78, 5) is 2.42. The summed E-state index contributed by atoms with van der Waals surface area (Å²) in [6.45, 7) is 8.90. The molecule has 130 valence electrons. The van der Waals surface area contributed by atoms with Crippen molar-refractivity contribution in [2.24, 2.45) is 0 Å². The Bertz CT molecular complexity index is 501. The molecule has 0 spiro atoms. The van der Waals surface area contributed by atoms with Gasteiger partial charge in [0, 0.05) is 19.6 Å². The van der Waals surface area contributed by atoms with Gasteiger partial charge in [0.25, 0.3) is 0 Å². The summed E-state index contributed by atoms with van der Waals surface area (Å²) in [5, 5.41) is 0. The Morgan fingerprint density at radius 3 is 1.79 bits per heavy atom. The summed E-state index contributed by atoms with van der Waals surface area (Å²) in [6.07, 6.45) is 0.265. The van der Waals surface area contributed by atoms with Gasteiger partial charge in [0.05, 0.1) is 25.9 Å². The Kier molecular flexibility index (Phi) is 8.53. The van der Waals surface area contributed by atoms with E-state index in [0.717, 1.165) is 26.2 Å². The maximum atomic E-state index is 5.72. The first-order valence-corrected chi connectivity index (χ1v) is 8.73. The lowest BCUT2D eigenvalue weighted by molar-refractivity contribution is 0.0130. The molecule has 2 rings (SSSR count). The van der Waals surface area contributed by atoms with Crippen LogP contribution in [-0.2, 0) is 22.6 Å². The highest BCUT2D eigenvalue weighted by molar-refractivity contribution is 5.17. The van der Waals surface area contributed by atoms with Gasteiger partial charge in [-0.3, -0.25) is 4.90 Å². The van der Waals surface area contributed by atoms with E-state index in [1.54, 1.807) is 0 Å². The Morgan fingerprint density at radius 1 is 0.750 bits per heavy atom. The van der Waals surface area contributed by atoms with Gasteiger partial charge in [-0.05, 0) is 25.0 Å². The maximum absolute atomic E-state index is 5.72. The number of rotatable bonds is 11. The number of ether oxygens (including phenoxy) is 2. The van der Waals surface area contributed by atoms with Crippen LogP contribution in [0.25, 0.3) is 0 Å². The fraction of sp³-hybridized carbons (Fsp3) is 0.429. The van der Waals surface area contributed by atoms with E-state index in [0.29, 0.717) is 13.2 Å². The van der Waals surface area contributed by atoms with Crippen LogP contribution in [0.4, 0.5) is 0 Å².